The highest BCUT2D eigenvalue weighted by Crippen LogP contribution is 2.41. The number of nitrogens with zero attached hydrogens (tertiary/aromatic N) is 1. The van der Waals surface area contributed by atoms with Crippen molar-refractivity contribution < 1.29 is 9.35 Å². The molecular formula is C12H20BrNO3SSi. The summed E-state index contributed by atoms with van der Waals surface area (Å²) >= 11 is 4.97. The molecule has 0 saturated heterocycles. The van der Waals surface area contributed by atoms with Gasteiger partial charge in [0.25, 0.3) is 0 Å². The molecule has 0 aromatic carbocycles. The van der Waals surface area contributed by atoms with E-state index in [2.05, 4.69) is 49.8 Å². The van der Waals surface area contributed by atoms with Gasteiger partial charge in [0.05, 0.1) is 3.79 Å². The van der Waals surface area contributed by atoms with Crippen LogP contribution in [-0.4, -0.2) is 19.8 Å². The van der Waals surface area contributed by atoms with Crippen molar-refractivity contribution in [1.82, 2.24) is 0 Å². The zero-order valence-electron chi connectivity index (χ0n) is 11.9. The lowest BCUT2D eigenvalue weighted by Gasteiger charge is -2.38. The fraction of sp³-hybridized carbons (Fsp3) is 0.667. The van der Waals surface area contributed by atoms with E-state index in [9.17, 15) is 10.1 Å². The first-order valence-electron chi connectivity index (χ1n) is 6.07. The van der Waals surface area contributed by atoms with Crippen molar-refractivity contribution in [2.24, 2.45) is 0 Å². The minimum atomic E-state index is -2.03. The van der Waals surface area contributed by atoms with Crippen LogP contribution in [0.4, 0.5) is 0 Å². The molecule has 1 unspecified atom stereocenters. The van der Waals surface area contributed by atoms with Crippen LogP contribution in [0.3, 0.4) is 0 Å². The van der Waals surface area contributed by atoms with Gasteiger partial charge in [-0.1, -0.05) is 20.8 Å². The minimum absolute atomic E-state index is 0.0321. The van der Waals surface area contributed by atoms with E-state index in [1.54, 1.807) is 0 Å². The Labute approximate surface area is 127 Å². The highest BCUT2D eigenvalue weighted by Gasteiger charge is 2.41. The summed E-state index contributed by atoms with van der Waals surface area (Å²) in [7, 11) is -2.03. The number of hydrogen-bond acceptors (Lipinski definition) is 4. The molecule has 4 nitrogen and oxygen atoms in total. The van der Waals surface area contributed by atoms with Gasteiger partial charge in [0.15, 0.2) is 8.32 Å². The number of nitro groups is 1. The normalized spacial score (nSPS) is 14.4. The van der Waals surface area contributed by atoms with E-state index in [0.717, 1.165) is 9.35 Å². The molecular weight excluding hydrogens is 346 g/mol. The Morgan fingerprint density at radius 2 is 2.11 bits per heavy atom. The molecule has 0 radical (unpaired) electrons. The minimum Gasteiger partial charge on any atom is -0.404 e. The van der Waals surface area contributed by atoms with E-state index in [1.807, 2.05) is 11.4 Å². The summed E-state index contributed by atoms with van der Waals surface area (Å²) < 4.78 is 7.13. The Morgan fingerprint density at radius 1 is 1.53 bits per heavy atom. The average Bonchev–Trinajstić information content (AvgIpc) is 2.60. The maximum Gasteiger partial charge on any atom is 0.232 e. The Bertz CT molecular complexity index is 456. The van der Waals surface area contributed by atoms with Crippen LogP contribution in [0.15, 0.2) is 15.2 Å². The van der Waals surface area contributed by atoms with E-state index < -0.39 is 14.4 Å². The summed E-state index contributed by atoms with van der Waals surface area (Å²) in [5, 5.41) is 12.8. The van der Waals surface area contributed by atoms with Crippen molar-refractivity contribution in [1.29, 1.82) is 0 Å². The molecule has 19 heavy (non-hydrogen) atoms. The summed E-state index contributed by atoms with van der Waals surface area (Å²) in [5.74, 6) is 0. The second-order valence-electron chi connectivity index (χ2n) is 6.03. The molecule has 0 fully saturated rings. The van der Waals surface area contributed by atoms with Crippen LogP contribution < -0.4 is 0 Å². The molecule has 1 heterocycles. The molecule has 0 amide bonds. The smallest absolute Gasteiger partial charge is 0.232 e. The highest BCUT2D eigenvalue weighted by molar-refractivity contribution is 9.11. The predicted molar refractivity (Wildman–Crippen MR) is 84.9 cm³/mol. The zero-order valence-corrected chi connectivity index (χ0v) is 15.3. The molecule has 0 N–H and O–H groups in total. The molecule has 7 heteroatoms. The summed E-state index contributed by atoms with van der Waals surface area (Å²) in [6.07, 6.45) is -0.475. The number of halogens is 1. The first kappa shape index (κ1) is 16.8. The number of thiophene rings is 1. The maximum absolute atomic E-state index is 10.9. The van der Waals surface area contributed by atoms with Crippen molar-refractivity contribution in [2.45, 2.75) is 45.0 Å². The molecule has 0 bridgehead atoms. The van der Waals surface area contributed by atoms with Crippen LogP contribution in [0.1, 0.15) is 32.4 Å². The Morgan fingerprint density at radius 3 is 2.47 bits per heavy atom. The van der Waals surface area contributed by atoms with Gasteiger partial charge in [0, 0.05) is 10.5 Å². The lowest BCUT2D eigenvalue weighted by atomic mass is 10.2. The fourth-order valence-electron chi connectivity index (χ4n) is 1.40. The van der Waals surface area contributed by atoms with E-state index in [0.29, 0.717) is 0 Å². The quantitative estimate of drug-likeness (QED) is 0.425. The van der Waals surface area contributed by atoms with E-state index in [4.69, 9.17) is 4.43 Å². The number of hydrogen-bond donors (Lipinski definition) is 0. The van der Waals surface area contributed by atoms with Gasteiger partial charge in [-0.3, -0.25) is 10.1 Å². The third kappa shape index (κ3) is 4.37. The van der Waals surface area contributed by atoms with Crippen LogP contribution in [0, 0.1) is 10.1 Å². The van der Waals surface area contributed by atoms with Gasteiger partial charge in [-0.25, -0.2) is 0 Å². The van der Waals surface area contributed by atoms with E-state index in [1.165, 1.54) is 11.3 Å². The molecule has 1 atom stereocenters. The van der Waals surface area contributed by atoms with Crippen molar-refractivity contribution in [3.8, 4) is 0 Å². The Hall–Kier alpha value is -0.243. The van der Waals surface area contributed by atoms with Crippen molar-refractivity contribution >= 4 is 35.6 Å². The molecule has 1 aromatic rings. The van der Waals surface area contributed by atoms with Crippen LogP contribution in [0.5, 0.6) is 0 Å². The molecule has 0 saturated carbocycles. The first-order chi connectivity index (χ1) is 8.54. The van der Waals surface area contributed by atoms with Gasteiger partial charge in [-0.2, -0.15) is 0 Å². The van der Waals surface area contributed by atoms with Gasteiger partial charge < -0.3 is 4.43 Å². The molecule has 0 spiro atoms. The van der Waals surface area contributed by atoms with Crippen LogP contribution in [-0.2, 0) is 4.43 Å². The summed E-state index contributed by atoms with van der Waals surface area (Å²) in [5.41, 5.74) is 0.881. The topological polar surface area (TPSA) is 52.4 Å². The molecule has 1 rings (SSSR count). The highest BCUT2D eigenvalue weighted by atomic mass is 79.9. The zero-order chi connectivity index (χ0) is 14.8. The molecule has 1 aromatic heterocycles. The fourth-order valence-corrected chi connectivity index (χ4v) is 4.05. The number of rotatable bonds is 5. The van der Waals surface area contributed by atoms with Crippen LogP contribution in [0.2, 0.25) is 18.1 Å². The Kier molecular flexibility index (Phi) is 5.33. The lowest BCUT2D eigenvalue weighted by molar-refractivity contribution is -0.490. The van der Waals surface area contributed by atoms with Gasteiger partial charge >= 0.3 is 0 Å². The third-order valence-corrected chi connectivity index (χ3v) is 9.77. The largest absolute Gasteiger partial charge is 0.404 e. The predicted octanol–water partition coefficient (Wildman–Crippen LogP) is 4.85. The van der Waals surface area contributed by atoms with Gasteiger partial charge in [-0.05, 0) is 45.5 Å². The summed E-state index contributed by atoms with van der Waals surface area (Å²) in [6.45, 7) is 10.4. The average molecular weight is 366 g/mol. The second kappa shape index (κ2) is 6.03. The van der Waals surface area contributed by atoms with Crippen LogP contribution in [0.25, 0.3) is 0 Å². The first-order valence-corrected chi connectivity index (χ1v) is 10.6. The van der Waals surface area contributed by atoms with Crippen LogP contribution >= 0.6 is 27.3 Å². The van der Waals surface area contributed by atoms with E-state index in [-0.39, 0.29) is 16.5 Å². The maximum atomic E-state index is 10.9. The second-order valence-corrected chi connectivity index (χ2v) is 13.0. The summed E-state index contributed by atoms with van der Waals surface area (Å²) in [6, 6.07) is 1.90. The van der Waals surface area contributed by atoms with Gasteiger partial charge in [0.1, 0.15) is 6.10 Å². The molecule has 0 aliphatic heterocycles. The van der Waals surface area contributed by atoms with Crippen molar-refractivity contribution in [3.05, 3.63) is 30.9 Å². The lowest BCUT2D eigenvalue weighted by Crippen LogP contribution is -2.43. The van der Waals surface area contributed by atoms with Crippen molar-refractivity contribution in [3.63, 3.8) is 0 Å². The SMILES string of the molecule is CC(C)(C)[Si](C)(C)OC(C[N+](=O)[O-])c1ccsc1Br. The molecule has 0 aliphatic carbocycles. The van der Waals surface area contributed by atoms with Gasteiger partial charge in [0.2, 0.25) is 6.54 Å². The monoisotopic (exact) mass is 365 g/mol. The van der Waals surface area contributed by atoms with E-state index >= 15 is 0 Å². The van der Waals surface area contributed by atoms with Gasteiger partial charge in [-0.15, -0.1) is 11.3 Å². The summed E-state index contributed by atoms with van der Waals surface area (Å²) in [4.78, 5) is 10.6. The Balaban J connectivity index is 3.00. The standard InChI is InChI=1S/C12H20BrNO3SSi/c1-12(2,3)19(4,5)17-10(8-14(15)16)9-6-7-18-11(9)13/h6-7,10H,8H2,1-5H3. The molecule has 0 aliphatic rings. The molecule has 108 valence electrons. The van der Waals surface area contributed by atoms with Crippen molar-refractivity contribution in [2.75, 3.05) is 6.54 Å². The third-order valence-electron chi connectivity index (χ3n) is 3.55.